The van der Waals surface area contributed by atoms with Crippen molar-refractivity contribution in [3.8, 4) is 0 Å². The van der Waals surface area contributed by atoms with Crippen molar-refractivity contribution >= 4 is 34.8 Å². The number of rotatable bonds is 3. The van der Waals surface area contributed by atoms with Gasteiger partial charge in [0.1, 0.15) is 0 Å². The van der Waals surface area contributed by atoms with Gasteiger partial charge in [-0.15, -0.1) is 11.6 Å². The molecule has 1 fully saturated rings. The third-order valence-electron chi connectivity index (χ3n) is 3.93. The molecule has 0 heterocycles. The second-order valence-electron chi connectivity index (χ2n) is 4.42. The Morgan fingerprint density at radius 1 is 1.31 bits per heavy atom. The Hall–Kier alpha value is 0.0500. The maximum Gasteiger partial charge on any atom is 0.0595 e. The summed E-state index contributed by atoms with van der Waals surface area (Å²) in [5, 5.41) is 1.16. The summed E-state index contributed by atoms with van der Waals surface area (Å²) < 4.78 is 0. The Morgan fingerprint density at radius 2 is 2.00 bits per heavy atom. The van der Waals surface area contributed by atoms with Crippen molar-refractivity contribution in [1.82, 2.24) is 0 Å². The molecule has 1 nitrogen and oxygen atoms in total. The zero-order valence-electron chi connectivity index (χ0n) is 9.01. The monoisotopic (exact) mass is 277 g/mol. The van der Waals surface area contributed by atoms with Gasteiger partial charge in [0.2, 0.25) is 0 Å². The fourth-order valence-electron chi connectivity index (χ4n) is 2.72. The first-order valence-electron chi connectivity index (χ1n) is 5.29. The van der Waals surface area contributed by atoms with Crippen LogP contribution >= 0.6 is 34.8 Å². The molecule has 0 amide bonds. The van der Waals surface area contributed by atoms with E-state index in [-0.39, 0.29) is 5.41 Å². The minimum Gasteiger partial charge on any atom is -0.330 e. The van der Waals surface area contributed by atoms with Crippen LogP contribution in [-0.4, -0.2) is 12.4 Å². The Bertz CT molecular complexity index is 407. The van der Waals surface area contributed by atoms with E-state index in [0.717, 1.165) is 5.56 Å². The van der Waals surface area contributed by atoms with Crippen LogP contribution in [0, 0.1) is 11.8 Å². The summed E-state index contributed by atoms with van der Waals surface area (Å²) in [7, 11) is 0. The Kier molecular flexibility index (Phi) is 3.42. The average molecular weight is 279 g/mol. The van der Waals surface area contributed by atoms with Gasteiger partial charge >= 0.3 is 0 Å². The standard InChI is InChI=1S/C12H14Cl3N/c1-7-9(5-13)12(7,6-16)8-2-3-10(14)11(15)4-8/h2-4,7,9H,5-6,16H2,1H3/t7-,9+,12+/m1/s1. The van der Waals surface area contributed by atoms with E-state index < -0.39 is 0 Å². The van der Waals surface area contributed by atoms with Gasteiger partial charge in [0, 0.05) is 17.8 Å². The van der Waals surface area contributed by atoms with Crippen molar-refractivity contribution in [2.24, 2.45) is 17.6 Å². The predicted molar refractivity (Wildman–Crippen MR) is 70.6 cm³/mol. The highest BCUT2D eigenvalue weighted by atomic mass is 35.5. The molecule has 2 N–H and O–H groups in total. The fourth-order valence-corrected chi connectivity index (χ4v) is 3.56. The summed E-state index contributed by atoms with van der Waals surface area (Å²) >= 11 is 17.9. The van der Waals surface area contributed by atoms with Crippen molar-refractivity contribution < 1.29 is 0 Å². The second-order valence-corrected chi connectivity index (χ2v) is 5.55. The molecule has 1 aliphatic rings. The van der Waals surface area contributed by atoms with Crippen LogP contribution < -0.4 is 5.73 Å². The third-order valence-corrected chi connectivity index (χ3v) is 5.00. The van der Waals surface area contributed by atoms with Crippen molar-refractivity contribution in [3.05, 3.63) is 33.8 Å². The normalized spacial score (nSPS) is 32.8. The molecular formula is C12H14Cl3N. The van der Waals surface area contributed by atoms with Gasteiger partial charge < -0.3 is 5.73 Å². The lowest BCUT2D eigenvalue weighted by Gasteiger charge is -2.16. The Morgan fingerprint density at radius 3 is 2.44 bits per heavy atom. The van der Waals surface area contributed by atoms with Gasteiger partial charge in [-0.3, -0.25) is 0 Å². The largest absolute Gasteiger partial charge is 0.330 e. The van der Waals surface area contributed by atoms with Crippen molar-refractivity contribution in [2.45, 2.75) is 12.3 Å². The van der Waals surface area contributed by atoms with E-state index in [1.54, 1.807) is 0 Å². The molecule has 1 aliphatic carbocycles. The molecule has 4 heteroatoms. The van der Waals surface area contributed by atoms with Gasteiger partial charge in [0.25, 0.3) is 0 Å². The van der Waals surface area contributed by atoms with Crippen LogP contribution in [0.5, 0.6) is 0 Å². The highest BCUT2D eigenvalue weighted by molar-refractivity contribution is 6.42. The molecule has 0 unspecified atom stereocenters. The molecule has 0 saturated heterocycles. The first-order chi connectivity index (χ1) is 7.57. The summed E-state index contributed by atoms with van der Waals surface area (Å²) in [6, 6.07) is 5.75. The number of benzene rings is 1. The molecule has 0 spiro atoms. The number of nitrogens with two attached hydrogens (primary N) is 1. The molecule has 88 valence electrons. The highest BCUT2D eigenvalue weighted by Gasteiger charge is 2.61. The van der Waals surface area contributed by atoms with E-state index in [4.69, 9.17) is 40.5 Å². The first kappa shape index (κ1) is 12.5. The third kappa shape index (κ3) is 1.65. The number of halogens is 3. The van der Waals surface area contributed by atoms with Crippen molar-refractivity contribution in [2.75, 3.05) is 12.4 Å². The van der Waals surface area contributed by atoms with Crippen molar-refractivity contribution in [3.63, 3.8) is 0 Å². The van der Waals surface area contributed by atoms with E-state index in [1.165, 1.54) is 0 Å². The van der Waals surface area contributed by atoms with Gasteiger partial charge in [0.15, 0.2) is 0 Å². The van der Waals surface area contributed by atoms with Crippen LogP contribution in [0.25, 0.3) is 0 Å². The number of hydrogen-bond donors (Lipinski definition) is 1. The minimum absolute atomic E-state index is 0.00399. The lowest BCUT2D eigenvalue weighted by molar-refractivity contribution is 0.621. The molecule has 1 aromatic rings. The quantitative estimate of drug-likeness (QED) is 0.838. The first-order valence-corrected chi connectivity index (χ1v) is 6.58. The highest BCUT2D eigenvalue weighted by Crippen LogP contribution is 2.59. The molecule has 16 heavy (non-hydrogen) atoms. The summed E-state index contributed by atoms with van der Waals surface area (Å²) in [4.78, 5) is 0. The zero-order valence-corrected chi connectivity index (χ0v) is 11.3. The van der Waals surface area contributed by atoms with E-state index in [0.29, 0.717) is 34.3 Å². The molecule has 3 atom stereocenters. The summed E-state index contributed by atoms with van der Waals surface area (Å²) in [5.41, 5.74) is 7.06. The Balaban J connectivity index is 2.40. The average Bonchev–Trinajstić information content (AvgIpc) is 2.88. The maximum atomic E-state index is 6.04. The van der Waals surface area contributed by atoms with Crippen LogP contribution in [0.4, 0.5) is 0 Å². The van der Waals surface area contributed by atoms with Crippen LogP contribution in [0.3, 0.4) is 0 Å². The van der Waals surface area contributed by atoms with E-state index in [2.05, 4.69) is 6.92 Å². The van der Waals surface area contributed by atoms with Gasteiger partial charge in [-0.25, -0.2) is 0 Å². The zero-order chi connectivity index (χ0) is 11.9. The van der Waals surface area contributed by atoms with Gasteiger partial charge in [0.05, 0.1) is 10.0 Å². The van der Waals surface area contributed by atoms with Gasteiger partial charge in [-0.05, 0) is 29.5 Å². The SMILES string of the molecule is C[C@@H]1[C@H](CCl)[C@]1(CN)c1ccc(Cl)c(Cl)c1. The Labute approximate surface area is 111 Å². The van der Waals surface area contributed by atoms with Crippen molar-refractivity contribution in [1.29, 1.82) is 0 Å². The predicted octanol–water partition coefficient (Wildman–Crippen LogP) is 3.69. The fraction of sp³-hybridized carbons (Fsp3) is 0.500. The molecule has 1 saturated carbocycles. The lowest BCUT2D eigenvalue weighted by atomic mass is 9.92. The molecule has 0 radical (unpaired) electrons. The van der Waals surface area contributed by atoms with E-state index in [9.17, 15) is 0 Å². The second kappa shape index (κ2) is 4.38. The molecular weight excluding hydrogens is 264 g/mol. The molecule has 0 aliphatic heterocycles. The van der Waals surface area contributed by atoms with E-state index in [1.807, 2.05) is 18.2 Å². The van der Waals surface area contributed by atoms with Gasteiger partial charge in [-0.2, -0.15) is 0 Å². The van der Waals surface area contributed by atoms with Gasteiger partial charge in [-0.1, -0.05) is 36.2 Å². The molecule has 1 aromatic carbocycles. The van der Waals surface area contributed by atoms with Crippen LogP contribution in [0.2, 0.25) is 10.0 Å². The minimum atomic E-state index is -0.00399. The summed E-state index contributed by atoms with van der Waals surface area (Å²) in [6.45, 7) is 2.78. The maximum absolute atomic E-state index is 6.04. The van der Waals surface area contributed by atoms with Crippen LogP contribution in [0.1, 0.15) is 12.5 Å². The number of alkyl halides is 1. The van der Waals surface area contributed by atoms with Crippen LogP contribution in [-0.2, 0) is 5.41 Å². The molecule has 2 rings (SSSR count). The van der Waals surface area contributed by atoms with E-state index >= 15 is 0 Å². The molecule has 0 bridgehead atoms. The smallest absolute Gasteiger partial charge is 0.0595 e. The summed E-state index contributed by atoms with van der Waals surface area (Å²) in [6.07, 6.45) is 0. The molecule has 0 aromatic heterocycles. The number of hydrogen-bond acceptors (Lipinski definition) is 1. The topological polar surface area (TPSA) is 26.0 Å². The summed E-state index contributed by atoms with van der Waals surface area (Å²) in [5.74, 6) is 1.59. The lowest BCUT2D eigenvalue weighted by Crippen LogP contribution is -2.24. The van der Waals surface area contributed by atoms with Crippen LogP contribution in [0.15, 0.2) is 18.2 Å².